The smallest absolute Gasteiger partial charge is 0.318 e. The first kappa shape index (κ1) is 47.5. The van der Waals surface area contributed by atoms with Gasteiger partial charge in [0.25, 0.3) is 0 Å². The summed E-state index contributed by atoms with van der Waals surface area (Å²) in [4.78, 5) is 21.6. The maximum atomic E-state index is 11.3. The van der Waals surface area contributed by atoms with Crippen molar-refractivity contribution in [1.29, 1.82) is 0 Å². The number of carbonyl (C=O) groups is 2. The lowest BCUT2D eigenvalue weighted by Gasteiger charge is -2.35. The van der Waals surface area contributed by atoms with E-state index >= 15 is 0 Å². The fraction of sp³-hybridized carbons (Fsp3) is 0.951. The van der Waals surface area contributed by atoms with E-state index in [2.05, 4.69) is 43.6 Å². The molecule has 4 nitrogen and oxygen atoms in total. The Bertz CT molecular complexity index is 615. The first-order chi connectivity index (χ1) is 22.2. The highest BCUT2D eigenvalue weighted by Crippen LogP contribution is 2.41. The number of unbranched alkanes of at least 4 members (excludes halogenated alkanes) is 21. The van der Waals surface area contributed by atoms with Crippen molar-refractivity contribution >= 4 is 27.9 Å². The van der Waals surface area contributed by atoms with Crippen LogP contribution in [-0.2, 0) is 4.79 Å². The van der Waals surface area contributed by atoms with Crippen molar-refractivity contribution in [2.75, 3.05) is 0 Å². The standard InChI is InChI=1S/C34H70.C7H13BrN2O2/c1-5-9-12-15-18-21-24-27-31-34(30-8-4,32-28-25-22-19-16-13-10-6-2)33-29-26-23-20-17-14-11-7-3;1-3-7(8,4-2)5(11)10-6(9)12/h5-33H2,1-4H3;3-4H2,1-2H3,(H3,9,10,11,12). The SMILES string of the molecule is CCC(Br)(CC)C(=O)NC(N)=O.CCCCCCCCCCC(CCC)(CCCCCCCCCC)CCCCCCCCCC. The van der Waals surface area contributed by atoms with Crippen LogP contribution in [-0.4, -0.2) is 16.3 Å². The molecular weight excluding hydrogens is 632 g/mol. The Morgan fingerprint density at radius 3 is 0.978 bits per heavy atom. The van der Waals surface area contributed by atoms with E-state index in [1.807, 2.05) is 19.2 Å². The second-order valence-corrected chi connectivity index (χ2v) is 15.9. The number of primary amides is 1. The molecule has 0 aliphatic rings. The van der Waals surface area contributed by atoms with Crippen LogP contribution in [0.5, 0.6) is 0 Å². The molecule has 0 radical (unpaired) electrons. The number of rotatable bonds is 32. The summed E-state index contributed by atoms with van der Waals surface area (Å²) < 4.78 is -0.665. The van der Waals surface area contributed by atoms with Gasteiger partial charge in [0.1, 0.15) is 4.32 Å². The molecule has 0 fully saturated rings. The molecule has 3 N–H and O–H groups in total. The quantitative estimate of drug-likeness (QED) is 0.0537. The van der Waals surface area contributed by atoms with Crippen LogP contribution in [0.25, 0.3) is 0 Å². The molecule has 0 unspecified atom stereocenters. The number of urea groups is 1. The summed E-state index contributed by atoms with van der Waals surface area (Å²) in [7, 11) is 0. The number of nitrogens with one attached hydrogen (secondary N) is 1. The van der Waals surface area contributed by atoms with E-state index in [9.17, 15) is 9.59 Å². The lowest BCUT2D eigenvalue weighted by Crippen LogP contribution is -2.46. The number of carbonyl (C=O) groups excluding carboxylic acids is 2. The van der Waals surface area contributed by atoms with Gasteiger partial charge in [0, 0.05) is 0 Å². The second-order valence-electron chi connectivity index (χ2n) is 14.4. The van der Waals surface area contributed by atoms with Crippen molar-refractivity contribution in [3.05, 3.63) is 0 Å². The minimum absolute atomic E-state index is 0.375. The Morgan fingerprint density at radius 2 is 0.739 bits per heavy atom. The van der Waals surface area contributed by atoms with Crippen molar-refractivity contribution in [3.63, 3.8) is 0 Å². The number of hydrogen-bond acceptors (Lipinski definition) is 2. The third-order valence-electron chi connectivity index (χ3n) is 10.2. The highest BCUT2D eigenvalue weighted by Gasteiger charge is 2.32. The molecule has 0 aromatic rings. The average molecular weight is 716 g/mol. The Hall–Kier alpha value is -0.580. The number of amides is 3. The van der Waals surface area contributed by atoms with E-state index in [4.69, 9.17) is 5.73 Å². The van der Waals surface area contributed by atoms with Crippen molar-refractivity contribution in [3.8, 4) is 0 Å². The van der Waals surface area contributed by atoms with Gasteiger partial charge in [0.2, 0.25) is 5.91 Å². The zero-order valence-electron chi connectivity index (χ0n) is 32.2. The number of nitrogens with two attached hydrogens (primary N) is 1. The Labute approximate surface area is 297 Å². The maximum absolute atomic E-state index is 11.3. The summed E-state index contributed by atoms with van der Waals surface area (Å²) in [5, 5.41) is 2.04. The predicted molar refractivity (Wildman–Crippen MR) is 209 cm³/mol. The molecule has 0 aliphatic carbocycles. The van der Waals surface area contributed by atoms with E-state index in [1.54, 1.807) is 0 Å². The van der Waals surface area contributed by atoms with Crippen molar-refractivity contribution in [1.82, 2.24) is 5.32 Å². The Morgan fingerprint density at radius 1 is 0.457 bits per heavy atom. The predicted octanol–water partition coefficient (Wildman–Crippen LogP) is 14.5. The van der Waals surface area contributed by atoms with Crippen LogP contribution in [0.2, 0.25) is 0 Å². The Balaban J connectivity index is 0. The summed E-state index contributed by atoms with van der Waals surface area (Å²) in [6.07, 6.45) is 43.9. The highest BCUT2D eigenvalue weighted by molar-refractivity contribution is 9.10. The van der Waals surface area contributed by atoms with Crippen molar-refractivity contribution in [2.24, 2.45) is 11.1 Å². The molecule has 0 aliphatic heterocycles. The molecule has 0 aromatic carbocycles. The lowest BCUT2D eigenvalue weighted by atomic mass is 9.71. The minimum atomic E-state index is -0.814. The first-order valence-electron chi connectivity index (χ1n) is 20.5. The van der Waals surface area contributed by atoms with Crippen LogP contribution in [0.4, 0.5) is 4.79 Å². The van der Waals surface area contributed by atoms with Gasteiger partial charge in [-0.1, -0.05) is 218 Å². The lowest BCUT2D eigenvalue weighted by molar-refractivity contribution is -0.122. The van der Waals surface area contributed by atoms with Crippen LogP contribution in [0.15, 0.2) is 0 Å². The molecular formula is C41H83BrN2O2. The minimum Gasteiger partial charge on any atom is -0.351 e. The van der Waals surface area contributed by atoms with Gasteiger partial charge in [0.05, 0.1) is 0 Å². The van der Waals surface area contributed by atoms with Crippen LogP contribution in [0, 0.1) is 5.41 Å². The van der Waals surface area contributed by atoms with E-state index in [0.29, 0.717) is 18.3 Å². The van der Waals surface area contributed by atoms with E-state index in [1.165, 1.54) is 186 Å². The van der Waals surface area contributed by atoms with Gasteiger partial charge in [0.15, 0.2) is 0 Å². The molecule has 0 saturated carbocycles. The largest absolute Gasteiger partial charge is 0.351 e. The van der Waals surface area contributed by atoms with E-state index < -0.39 is 10.4 Å². The van der Waals surface area contributed by atoms with Gasteiger partial charge in [-0.15, -0.1) is 0 Å². The molecule has 0 saturated heterocycles. The molecule has 3 amide bonds. The summed E-state index contributed by atoms with van der Waals surface area (Å²) in [5.41, 5.74) is 5.49. The third-order valence-corrected chi connectivity index (χ3v) is 11.7. The first-order valence-corrected chi connectivity index (χ1v) is 21.3. The van der Waals surface area contributed by atoms with Crippen LogP contribution < -0.4 is 11.1 Å². The normalized spacial score (nSPS) is 11.7. The van der Waals surface area contributed by atoms with Crippen LogP contribution in [0.3, 0.4) is 0 Å². The molecule has 0 bridgehead atoms. The maximum Gasteiger partial charge on any atom is 0.318 e. The van der Waals surface area contributed by atoms with Crippen molar-refractivity contribution < 1.29 is 9.59 Å². The van der Waals surface area contributed by atoms with Gasteiger partial charge in [-0.3, -0.25) is 10.1 Å². The molecule has 0 atom stereocenters. The molecule has 0 spiro atoms. The van der Waals surface area contributed by atoms with Gasteiger partial charge < -0.3 is 5.73 Å². The Kier molecular flexibility index (Phi) is 35.4. The average Bonchev–Trinajstić information content (AvgIpc) is 3.04. The van der Waals surface area contributed by atoms with Crippen LogP contribution in [0.1, 0.15) is 241 Å². The molecule has 46 heavy (non-hydrogen) atoms. The number of imide groups is 1. The van der Waals surface area contributed by atoms with E-state index in [-0.39, 0.29) is 5.91 Å². The summed E-state index contributed by atoms with van der Waals surface area (Å²) in [6.45, 7) is 13.1. The topological polar surface area (TPSA) is 72.2 Å². The van der Waals surface area contributed by atoms with Gasteiger partial charge in [-0.05, 0) is 43.9 Å². The molecule has 0 rings (SSSR count). The highest BCUT2D eigenvalue weighted by atomic mass is 79.9. The van der Waals surface area contributed by atoms with E-state index in [0.717, 1.165) is 0 Å². The second kappa shape index (κ2) is 34.3. The zero-order valence-corrected chi connectivity index (χ0v) is 33.8. The molecule has 0 heterocycles. The number of hydrogen-bond donors (Lipinski definition) is 2. The monoisotopic (exact) mass is 715 g/mol. The fourth-order valence-corrected chi connectivity index (χ4v) is 7.08. The molecule has 5 heteroatoms. The zero-order chi connectivity index (χ0) is 34.8. The summed E-state index contributed by atoms with van der Waals surface area (Å²) >= 11 is 3.26. The summed E-state index contributed by atoms with van der Waals surface area (Å²) in [5.74, 6) is -0.375. The van der Waals surface area contributed by atoms with Gasteiger partial charge in [-0.25, -0.2) is 4.79 Å². The van der Waals surface area contributed by atoms with Crippen LogP contribution >= 0.6 is 15.9 Å². The van der Waals surface area contributed by atoms with Crippen molar-refractivity contribution in [2.45, 2.75) is 245 Å². The number of alkyl halides is 1. The summed E-state index contributed by atoms with van der Waals surface area (Å²) in [6, 6.07) is -0.814. The van der Waals surface area contributed by atoms with Gasteiger partial charge >= 0.3 is 6.03 Å². The molecule has 0 aromatic heterocycles. The number of halogens is 1. The van der Waals surface area contributed by atoms with Gasteiger partial charge in [-0.2, -0.15) is 0 Å². The molecule has 276 valence electrons. The third kappa shape index (κ3) is 28.4. The fourth-order valence-electron chi connectivity index (χ4n) is 6.98.